The van der Waals surface area contributed by atoms with Crippen LogP contribution in [0.5, 0.6) is 5.75 Å². The summed E-state index contributed by atoms with van der Waals surface area (Å²) < 4.78 is 57.9. The van der Waals surface area contributed by atoms with Crippen molar-refractivity contribution in [1.82, 2.24) is 34.7 Å². The maximum atomic E-state index is 14.3. The van der Waals surface area contributed by atoms with Gasteiger partial charge in [-0.2, -0.15) is 10.2 Å². The van der Waals surface area contributed by atoms with Crippen molar-refractivity contribution in [3.63, 3.8) is 0 Å². The minimum atomic E-state index is -5.08. The first-order valence-corrected chi connectivity index (χ1v) is 9.70. The lowest BCUT2D eigenvalue weighted by Crippen LogP contribution is -2.42. The van der Waals surface area contributed by atoms with Gasteiger partial charge in [-0.05, 0) is 31.5 Å². The minimum Gasteiger partial charge on any atom is -0.403 e. The van der Waals surface area contributed by atoms with Gasteiger partial charge in [-0.3, -0.25) is 4.79 Å². The second kappa shape index (κ2) is 8.37. The topological polar surface area (TPSA) is 119 Å². The summed E-state index contributed by atoms with van der Waals surface area (Å²) in [5.41, 5.74) is -1.41. The van der Waals surface area contributed by atoms with Crippen molar-refractivity contribution in [3.8, 4) is 11.6 Å². The number of aromatic nitrogens is 6. The third kappa shape index (κ3) is 4.80. The van der Waals surface area contributed by atoms with E-state index in [1.165, 1.54) is 41.9 Å². The maximum absolute atomic E-state index is 14.3. The summed E-state index contributed by atoms with van der Waals surface area (Å²) in [6, 6.07) is 3.03. The van der Waals surface area contributed by atoms with Crippen LogP contribution in [0.2, 0.25) is 0 Å². The SMILES string of the molecule is CC(C)(O)[C@@H](NC(=O)c1cnn2ccc(-n3cncn3)nc12)c1ccc(OC(F)(F)F)c(F)c1. The van der Waals surface area contributed by atoms with E-state index in [0.29, 0.717) is 5.82 Å². The van der Waals surface area contributed by atoms with E-state index in [1.807, 2.05) is 0 Å². The van der Waals surface area contributed by atoms with Gasteiger partial charge in [-0.25, -0.2) is 23.6 Å². The van der Waals surface area contributed by atoms with Crippen LogP contribution in [-0.4, -0.2) is 52.3 Å². The van der Waals surface area contributed by atoms with Crippen LogP contribution >= 0.6 is 0 Å². The molecule has 34 heavy (non-hydrogen) atoms. The number of ether oxygens (including phenoxy) is 1. The van der Waals surface area contributed by atoms with Gasteiger partial charge in [0.05, 0.1) is 17.8 Å². The highest BCUT2D eigenvalue weighted by Gasteiger charge is 2.34. The fourth-order valence-electron chi connectivity index (χ4n) is 3.25. The van der Waals surface area contributed by atoms with E-state index in [4.69, 9.17) is 0 Å². The molecule has 178 valence electrons. The lowest BCUT2D eigenvalue weighted by molar-refractivity contribution is -0.275. The average molecular weight is 479 g/mol. The first-order valence-electron chi connectivity index (χ1n) is 9.70. The van der Waals surface area contributed by atoms with Crippen molar-refractivity contribution in [2.45, 2.75) is 31.9 Å². The van der Waals surface area contributed by atoms with Gasteiger partial charge in [0.25, 0.3) is 5.91 Å². The Morgan fingerprint density at radius 1 is 1.21 bits per heavy atom. The molecule has 0 aliphatic carbocycles. The Labute approximate surface area is 188 Å². The Balaban J connectivity index is 1.65. The third-order valence-corrected chi connectivity index (χ3v) is 4.75. The van der Waals surface area contributed by atoms with Crippen molar-refractivity contribution in [3.05, 3.63) is 66.3 Å². The molecule has 0 aliphatic rings. The number of carbonyl (C=O) groups is 1. The van der Waals surface area contributed by atoms with Gasteiger partial charge < -0.3 is 15.2 Å². The van der Waals surface area contributed by atoms with Gasteiger partial charge in [-0.15, -0.1) is 13.2 Å². The molecule has 2 N–H and O–H groups in total. The number of amides is 1. The summed E-state index contributed by atoms with van der Waals surface area (Å²) in [5.74, 6) is -2.69. The third-order valence-electron chi connectivity index (χ3n) is 4.75. The number of halogens is 4. The number of nitrogens with zero attached hydrogens (tertiary/aromatic N) is 6. The molecular formula is C20H17F4N7O3. The van der Waals surface area contributed by atoms with E-state index in [0.717, 1.165) is 18.2 Å². The second-order valence-corrected chi connectivity index (χ2v) is 7.75. The van der Waals surface area contributed by atoms with Crippen LogP contribution in [0.3, 0.4) is 0 Å². The summed E-state index contributed by atoms with van der Waals surface area (Å²) in [6.07, 6.45) is 0.463. The largest absolute Gasteiger partial charge is 0.573 e. The molecule has 0 radical (unpaired) electrons. The predicted octanol–water partition coefficient (Wildman–Crippen LogP) is 2.59. The molecule has 0 saturated carbocycles. The Morgan fingerprint density at radius 2 is 1.97 bits per heavy atom. The molecule has 0 fully saturated rings. The molecule has 1 amide bonds. The minimum absolute atomic E-state index is 0.0145. The van der Waals surface area contributed by atoms with E-state index >= 15 is 0 Å². The van der Waals surface area contributed by atoms with Gasteiger partial charge in [0.15, 0.2) is 23.0 Å². The molecule has 0 saturated heterocycles. The molecule has 14 heteroatoms. The summed E-state index contributed by atoms with van der Waals surface area (Å²) in [5, 5.41) is 21.2. The van der Waals surface area contributed by atoms with Crippen molar-refractivity contribution >= 4 is 11.6 Å². The van der Waals surface area contributed by atoms with Crippen LogP contribution in [0.4, 0.5) is 17.6 Å². The molecule has 0 unspecified atom stereocenters. The number of aliphatic hydroxyl groups is 1. The van der Waals surface area contributed by atoms with Crippen LogP contribution in [0.15, 0.2) is 49.3 Å². The van der Waals surface area contributed by atoms with E-state index in [1.54, 1.807) is 12.3 Å². The highest BCUT2D eigenvalue weighted by atomic mass is 19.4. The van der Waals surface area contributed by atoms with Gasteiger partial charge in [0.1, 0.15) is 18.2 Å². The number of nitrogens with one attached hydrogen (secondary N) is 1. The second-order valence-electron chi connectivity index (χ2n) is 7.75. The average Bonchev–Trinajstić information content (AvgIpc) is 3.41. The van der Waals surface area contributed by atoms with E-state index < -0.39 is 35.5 Å². The zero-order chi connectivity index (χ0) is 24.7. The number of alkyl halides is 3. The number of hydrogen-bond acceptors (Lipinski definition) is 7. The fourth-order valence-corrected chi connectivity index (χ4v) is 3.25. The van der Waals surface area contributed by atoms with E-state index in [9.17, 15) is 27.5 Å². The predicted molar refractivity (Wildman–Crippen MR) is 107 cm³/mol. The highest BCUT2D eigenvalue weighted by Crippen LogP contribution is 2.31. The van der Waals surface area contributed by atoms with Crippen LogP contribution in [0.25, 0.3) is 11.5 Å². The van der Waals surface area contributed by atoms with Crippen molar-refractivity contribution in [1.29, 1.82) is 0 Å². The summed E-state index contributed by atoms with van der Waals surface area (Å²) in [7, 11) is 0. The zero-order valence-corrected chi connectivity index (χ0v) is 17.7. The summed E-state index contributed by atoms with van der Waals surface area (Å²) in [6.45, 7) is 2.71. The highest BCUT2D eigenvalue weighted by molar-refractivity contribution is 6.00. The van der Waals surface area contributed by atoms with Crippen molar-refractivity contribution < 1.29 is 32.2 Å². The summed E-state index contributed by atoms with van der Waals surface area (Å²) in [4.78, 5) is 21.3. The molecule has 0 aliphatic heterocycles. The van der Waals surface area contributed by atoms with E-state index in [2.05, 4.69) is 30.2 Å². The number of hydrogen-bond donors (Lipinski definition) is 2. The summed E-state index contributed by atoms with van der Waals surface area (Å²) >= 11 is 0. The molecular weight excluding hydrogens is 462 g/mol. The molecule has 0 spiro atoms. The standard InChI is InChI=1S/C20H17F4N7O3/c1-19(2,33)16(11-3-4-14(13(21)7-11)34-20(22,23)24)29-18(32)12-8-26-30-6-5-15(28-17(12)30)31-10-25-9-27-31/h3-10,16,33H,1-2H3,(H,29,32)/t16-/m0/s1. The Bertz CT molecular complexity index is 1330. The molecule has 4 aromatic rings. The molecule has 0 bridgehead atoms. The fraction of sp³-hybridized carbons (Fsp3) is 0.250. The van der Waals surface area contributed by atoms with Crippen LogP contribution < -0.4 is 10.1 Å². The van der Waals surface area contributed by atoms with Gasteiger partial charge in [0, 0.05) is 12.3 Å². The Hall–Kier alpha value is -4.07. The first-order chi connectivity index (χ1) is 15.9. The van der Waals surface area contributed by atoms with Gasteiger partial charge in [0.2, 0.25) is 0 Å². The quantitative estimate of drug-likeness (QED) is 0.408. The molecule has 3 heterocycles. The number of fused-ring (bicyclic) bond motifs is 1. The maximum Gasteiger partial charge on any atom is 0.573 e. The van der Waals surface area contributed by atoms with Crippen LogP contribution in [0.1, 0.15) is 35.8 Å². The normalized spacial score (nSPS) is 13.1. The molecule has 10 nitrogen and oxygen atoms in total. The van der Waals surface area contributed by atoms with Crippen molar-refractivity contribution in [2.24, 2.45) is 0 Å². The molecule has 3 aromatic heterocycles. The number of benzene rings is 1. The monoisotopic (exact) mass is 479 g/mol. The van der Waals surface area contributed by atoms with Crippen LogP contribution in [-0.2, 0) is 0 Å². The van der Waals surface area contributed by atoms with Gasteiger partial charge in [-0.1, -0.05) is 6.07 Å². The molecule has 1 aromatic carbocycles. The van der Waals surface area contributed by atoms with E-state index in [-0.39, 0.29) is 16.8 Å². The smallest absolute Gasteiger partial charge is 0.403 e. The Morgan fingerprint density at radius 3 is 2.59 bits per heavy atom. The number of carbonyl (C=O) groups excluding carboxylic acids is 1. The molecule has 4 rings (SSSR count). The first kappa shape index (κ1) is 23.1. The van der Waals surface area contributed by atoms with Crippen LogP contribution in [0, 0.1) is 5.82 Å². The lowest BCUT2D eigenvalue weighted by atomic mass is 9.91. The zero-order valence-electron chi connectivity index (χ0n) is 17.7. The lowest BCUT2D eigenvalue weighted by Gasteiger charge is -2.30. The van der Waals surface area contributed by atoms with Crippen molar-refractivity contribution in [2.75, 3.05) is 0 Å². The number of rotatable bonds is 6. The molecule has 1 atom stereocenters. The Kier molecular flexibility index (Phi) is 5.69. The van der Waals surface area contributed by atoms with Gasteiger partial charge >= 0.3 is 6.36 Å².